The molecule has 0 bridgehead atoms. The summed E-state index contributed by atoms with van der Waals surface area (Å²) >= 11 is 0. The van der Waals surface area contributed by atoms with Crippen molar-refractivity contribution in [2.45, 2.75) is 65.3 Å². The van der Waals surface area contributed by atoms with Crippen molar-refractivity contribution < 1.29 is 14.0 Å². The molecule has 3 rings (SSSR count). The van der Waals surface area contributed by atoms with Gasteiger partial charge >= 0.3 is 0 Å². The number of benzene rings is 1. The second-order valence-corrected chi connectivity index (χ2v) is 10.3. The van der Waals surface area contributed by atoms with Gasteiger partial charge in [0.2, 0.25) is 11.8 Å². The van der Waals surface area contributed by atoms with Crippen LogP contribution in [0, 0.1) is 23.6 Å². The Labute approximate surface area is 204 Å². The molecule has 1 saturated carbocycles. The fourth-order valence-electron chi connectivity index (χ4n) is 5.04. The molecule has 0 radical (unpaired) electrons. The highest BCUT2D eigenvalue weighted by atomic mass is 19.1. The third kappa shape index (κ3) is 7.42. The molecule has 1 aliphatic heterocycles. The summed E-state index contributed by atoms with van der Waals surface area (Å²) in [5.74, 6) is 0.632. The molecule has 34 heavy (non-hydrogen) atoms. The van der Waals surface area contributed by atoms with Crippen LogP contribution in [0.1, 0.15) is 59.3 Å². The van der Waals surface area contributed by atoms with E-state index in [0.717, 1.165) is 71.2 Å². The van der Waals surface area contributed by atoms with Crippen molar-refractivity contribution in [3.05, 3.63) is 30.1 Å². The monoisotopic (exact) mass is 474 g/mol. The number of hydrogen-bond acceptors (Lipinski definition) is 4. The van der Waals surface area contributed by atoms with Gasteiger partial charge in [0.15, 0.2) is 0 Å². The number of anilines is 1. The summed E-state index contributed by atoms with van der Waals surface area (Å²) in [4.78, 5) is 30.2. The van der Waals surface area contributed by atoms with Crippen LogP contribution in [0.25, 0.3) is 0 Å². The number of hydrogen-bond donors (Lipinski definition) is 2. The van der Waals surface area contributed by atoms with Crippen LogP contribution in [-0.4, -0.2) is 62.0 Å². The first-order valence-corrected chi connectivity index (χ1v) is 13.2. The number of halogens is 1. The summed E-state index contributed by atoms with van der Waals surface area (Å²) in [6.45, 7) is 11.2. The van der Waals surface area contributed by atoms with Crippen molar-refractivity contribution in [2.75, 3.05) is 44.2 Å². The van der Waals surface area contributed by atoms with Crippen LogP contribution >= 0.6 is 0 Å². The van der Waals surface area contributed by atoms with Crippen molar-refractivity contribution in [1.29, 1.82) is 0 Å². The first-order valence-electron chi connectivity index (χ1n) is 13.2. The molecule has 2 atom stereocenters. The molecule has 1 heterocycles. The van der Waals surface area contributed by atoms with E-state index in [1.165, 1.54) is 6.07 Å². The first kappa shape index (κ1) is 26.5. The Morgan fingerprint density at radius 1 is 1.09 bits per heavy atom. The summed E-state index contributed by atoms with van der Waals surface area (Å²) in [7, 11) is 0. The number of para-hydroxylation sites is 1. The highest BCUT2D eigenvalue weighted by Gasteiger charge is 2.30. The molecule has 0 unspecified atom stereocenters. The summed E-state index contributed by atoms with van der Waals surface area (Å²) in [5.41, 5.74) is 0.676. The van der Waals surface area contributed by atoms with Crippen LogP contribution in [0.4, 0.5) is 10.1 Å². The zero-order chi connectivity index (χ0) is 24.5. The van der Waals surface area contributed by atoms with E-state index in [2.05, 4.69) is 34.3 Å². The van der Waals surface area contributed by atoms with Gasteiger partial charge in [-0.15, -0.1) is 0 Å². The third-order valence-electron chi connectivity index (χ3n) is 7.70. The molecule has 7 heteroatoms. The van der Waals surface area contributed by atoms with Crippen molar-refractivity contribution in [3.63, 3.8) is 0 Å². The lowest BCUT2D eigenvalue weighted by molar-refractivity contribution is -0.133. The van der Waals surface area contributed by atoms with Gasteiger partial charge in [-0.2, -0.15) is 0 Å². The molecule has 0 aromatic heterocycles. The maximum Gasteiger partial charge on any atom is 0.242 e. The number of nitrogens with one attached hydrogen (secondary N) is 2. The van der Waals surface area contributed by atoms with Crippen LogP contribution in [-0.2, 0) is 9.59 Å². The highest BCUT2D eigenvalue weighted by molar-refractivity contribution is 5.88. The predicted octanol–water partition coefficient (Wildman–Crippen LogP) is 3.81. The molecule has 2 fully saturated rings. The lowest BCUT2D eigenvalue weighted by atomic mass is 9.82. The lowest BCUT2D eigenvalue weighted by Gasteiger charge is -2.36. The van der Waals surface area contributed by atoms with E-state index in [4.69, 9.17) is 0 Å². The van der Waals surface area contributed by atoms with E-state index < -0.39 is 6.04 Å². The van der Waals surface area contributed by atoms with Gasteiger partial charge in [-0.25, -0.2) is 4.39 Å². The van der Waals surface area contributed by atoms with Crippen molar-refractivity contribution in [2.24, 2.45) is 17.8 Å². The smallest absolute Gasteiger partial charge is 0.242 e. The van der Waals surface area contributed by atoms with Crippen LogP contribution in [0.5, 0.6) is 0 Å². The summed E-state index contributed by atoms with van der Waals surface area (Å²) in [5, 5.41) is 6.12. The van der Waals surface area contributed by atoms with Gasteiger partial charge < -0.3 is 15.5 Å². The van der Waals surface area contributed by atoms with Gasteiger partial charge in [-0.05, 0) is 62.6 Å². The predicted molar refractivity (Wildman–Crippen MR) is 135 cm³/mol. The van der Waals surface area contributed by atoms with Gasteiger partial charge in [0.1, 0.15) is 11.9 Å². The number of piperazine rings is 1. The Hall–Kier alpha value is -2.15. The second-order valence-electron chi connectivity index (χ2n) is 10.3. The highest BCUT2D eigenvalue weighted by Crippen LogP contribution is 2.28. The van der Waals surface area contributed by atoms with Crippen LogP contribution in [0.3, 0.4) is 0 Å². The third-order valence-corrected chi connectivity index (χ3v) is 7.70. The Bertz CT molecular complexity index is 789. The maximum absolute atomic E-state index is 14.0. The lowest BCUT2D eigenvalue weighted by Crippen LogP contribution is -2.52. The summed E-state index contributed by atoms with van der Waals surface area (Å²) in [6.07, 6.45) is 5.72. The van der Waals surface area contributed by atoms with E-state index >= 15 is 0 Å². The zero-order valence-electron chi connectivity index (χ0n) is 21.2. The van der Waals surface area contributed by atoms with Crippen molar-refractivity contribution in [3.8, 4) is 0 Å². The number of nitrogens with zero attached hydrogens (tertiary/aromatic N) is 2. The average molecular weight is 475 g/mol. The van der Waals surface area contributed by atoms with Gasteiger partial charge in [0, 0.05) is 38.6 Å². The largest absolute Gasteiger partial charge is 0.367 e. The van der Waals surface area contributed by atoms with Crippen LogP contribution in [0.2, 0.25) is 0 Å². The van der Waals surface area contributed by atoms with Gasteiger partial charge in [0.25, 0.3) is 0 Å². The number of rotatable bonds is 10. The Morgan fingerprint density at radius 3 is 2.41 bits per heavy atom. The molecule has 6 nitrogen and oxygen atoms in total. The Kier molecular flexibility index (Phi) is 10.2. The fourth-order valence-corrected chi connectivity index (χ4v) is 5.04. The number of carbonyl (C=O) groups is 2. The van der Waals surface area contributed by atoms with E-state index in [9.17, 15) is 14.0 Å². The molecule has 0 spiro atoms. The molecule has 2 aliphatic rings. The fraction of sp³-hybridized carbons (Fsp3) is 0.704. The zero-order valence-corrected chi connectivity index (χ0v) is 21.2. The molecule has 2 amide bonds. The van der Waals surface area contributed by atoms with Crippen molar-refractivity contribution >= 4 is 17.5 Å². The van der Waals surface area contributed by atoms with Gasteiger partial charge in [0.05, 0.1) is 5.69 Å². The summed E-state index contributed by atoms with van der Waals surface area (Å²) in [6, 6.07) is 6.47. The van der Waals surface area contributed by atoms with Crippen LogP contribution in [0.15, 0.2) is 24.3 Å². The molecule has 1 aliphatic carbocycles. The minimum Gasteiger partial charge on any atom is -0.367 e. The first-order chi connectivity index (χ1) is 16.4. The van der Waals surface area contributed by atoms with E-state index in [1.807, 2.05) is 19.1 Å². The number of amides is 2. The molecule has 1 aromatic rings. The molecule has 190 valence electrons. The van der Waals surface area contributed by atoms with Crippen molar-refractivity contribution in [1.82, 2.24) is 15.5 Å². The molecular formula is C27H43FN4O2. The molecule has 2 N–H and O–H groups in total. The molecule has 1 aromatic carbocycles. The molecule has 1 saturated heterocycles. The van der Waals surface area contributed by atoms with E-state index in [1.54, 1.807) is 6.07 Å². The average Bonchev–Trinajstić information content (AvgIpc) is 2.85. The van der Waals surface area contributed by atoms with Crippen LogP contribution < -0.4 is 15.5 Å². The normalized spacial score (nSPS) is 23.2. The van der Waals surface area contributed by atoms with E-state index in [-0.39, 0.29) is 29.5 Å². The summed E-state index contributed by atoms with van der Waals surface area (Å²) < 4.78 is 14.0. The Balaban J connectivity index is 1.38. The maximum atomic E-state index is 14.0. The number of carbonyl (C=O) groups excluding carboxylic acids is 2. The van der Waals surface area contributed by atoms with E-state index in [0.29, 0.717) is 18.2 Å². The van der Waals surface area contributed by atoms with Gasteiger partial charge in [-0.3, -0.25) is 14.5 Å². The quantitative estimate of drug-likeness (QED) is 0.506. The SMILES string of the molecule is CC[C@H](C)[C@H](NC(=O)C1CCC(C)CC1)C(=O)NCCCN1CCN(c2ccccc2F)CC1. The Morgan fingerprint density at radius 2 is 1.76 bits per heavy atom. The minimum absolute atomic E-state index is 0.0404. The molecular weight excluding hydrogens is 431 g/mol. The minimum atomic E-state index is -0.471. The van der Waals surface area contributed by atoms with Gasteiger partial charge in [-0.1, -0.05) is 39.3 Å². The second kappa shape index (κ2) is 13.1. The topological polar surface area (TPSA) is 64.7 Å². The standard InChI is InChI=1S/C27H43FN4O2/c1-4-21(3)25(30-26(33)22-12-10-20(2)11-13-22)27(34)29-14-7-15-31-16-18-32(19-17-31)24-9-6-5-8-23(24)28/h5-6,8-9,20-22,25H,4,7,10-19H2,1-3H3,(H,29,34)(H,30,33)/t20?,21-,22?,25-/m0/s1.